The van der Waals surface area contributed by atoms with Crippen LogP contribution in [0.2, 0.25) is 5.02 Å². The lowest BCUT2D eigenvalue weighted by Crippen LogP contribution is -2.35. The smallest absolute Gasteiger partial charge is 0.256 e. The number of rotatable bonds is 2. The van der Waals surface area contributed by atoms with Crippen molar-refractivity contribution in [1.29, 1.82) is 0 Å². The number of hydrazine groups is 1. The van der Waals surface area contributed by atoms with Crippen LogP contribution in [0.15, 0.2) is 30.5 Å². The third kappa shape index (κ3) is 1.77. The fourth-order valence-corrected chi connectivity index (χ4v) is 1.87. The summed E-state index contributed by atoms with van der Waals surface area (Å²) in [5.41, 5.74) is 3.06. The highest BCUT2D eigenvalue weighted by molar-refractivity contribution is 6.31. The van der Waals surface area contributed by atoms with Gasteiger partial charge in [0, 0.05) is 11.2 Å². The number of nitrogens with zero attached hydrogens (tertiary/aromatic N) is 1. The molecule has 0 aliphatic heterocycles. The highest BCUT2D eigenvalue weighted by atomic mass is 35.5. The van der Waals surface area contributed by atoms with Crippen molar-refractivity contribution in [2.24, 2.45) is 5.84 Å². The molecule has 1 amide bonds. The van der Waals surface area contributed by atoms with Crippen LogP contribution in [0.3, 0.4) is 0 Å². The van der Waals surface area contributed by atoms with E-state index in [0.717, 1.165) is 10.9 Å². The van der Waals surface area contributed by atoms with Gasteiger partial charge in [-0.1, -0.05) is 17.7 Å². The van der Waals surface area contributed by atoms with E-state index in [2.05, 4.69) is 5.43 Å². The predicted octanol–water partition coefficient (Wildman–Crippen LogP) is 1.85. The second kappa shape index (κ2) is 4.15. The van der Waals surface area contributed by atoms with E-state index in [0.29, 0.717) is 5.02 Å². The molecule has 2 aromatic rings. The summed E-state index contributed by atoms with van der Waals surface area (Å²) < 4.78 is 1.84. The second-order valence-electron chi connectivity index (χ2n) is 3.61. The first kappa shape index (κ1) is 11.0. The Morgan fingerprint density at radius 3 is 2.94 bits per heavy atom. The Balaban J connectivity index is 2.52. The molecule has 4 nitrogen and oxygen atoms in total. The maximum absolute atomic E-state index is 11.4. The maximum atomic E-state index is 11.4. The molecule has 1 aromatic heterocycles. The average molecular weight is 238 g/mol. The van der Waals surface area contributed by atoms with Gasteiger partial charge in [0.1, 0.15) is 6.04 Å². The van der Waals surface area contributed by atoms with Crippen LogP contribution in [-0.4, -0.2) is 10.5 Å². The fraction of sp³-hybridized carbons (Fsp3) is 0.182. The van der Waals surface area contributed by atoms with Gasteiger partial charge in [-0.25, -0.2) is 5.84 Å². The quantitative estimate of drug-likeness (QED) is 0.476. The Hall–Kier alpha value is -1.52. The van der Waals surface area contributed by atoms with Gasteiger partial charge in [0.2, 0.25) is 0 Å². The van der Waals surface area contributed by atoms with Crippen LogP contribution in [0.1, 0.15) is 13.0 Å². The van der Waals surface area contributed by atoms with Gasteiger partial charge < -0.3 is 4.57 Å². The van der Waals surface area contributed by atoms with Crippen LogP contribution in [0.5, 0.6) is 0 Å². The first-order chi connectivity index (χ1) is 7.63. The van der Waals surface area contributed by atoms with Gasteiger partial charge in [-0.05, 0) is 30.5 Å². The highest BCUT2D eigenvalue weighted by Crippen LogP contribution is 2.23. The zero-order valence-corrected chi connectivity index (χ0v) is 9.53. The molecule has 0 aliphatic rings. The molecule has 0 radical (unpaired) electrons. The third-order valence-corrected chi connectivity index (χ3v) is 2.86. The summed E-state index contributed by atoms with van der Waals surface area (Å²) in [4.78, 5) is 11.4. The molecule has 0 spiro atoms. The van der Waals surface area contributed by atoms with E-state index in [1.807, 2.05) is 35.0 Å². The molecule has 0 saturated heterocycles. The minimum atomic E-state index is -0.360. The van der Waals surface area contributed by atoms with Gasteiger partial charge in [0.15, 0.2) is 0 Å². The third-order valence-electron chi connectivity index (χ3n) is 2.62. The summed E-state index contributed by atoms with van der Waals surface area (Å²) in [6.45, 7) is 1.78. The summed E-state index contributed by atoms with van der Waals surface area (Å²) in [6, 6.07) is 7.15. The minimum absolute atomic E-state index is 0.238. The van der Waals surface area contributed by atoms with Gasteiger partial charge in [-0.3, -0.25) is 10.2 Å². The van der Waals surface area contributed by atoms with E-state index in [9.17, 15) is 4.79 Å². The summed E-state index contributed by atoms with van der Waals surface area (Å²) >= 11 is 5.93. The molecule has 5 heteroatoms. The molecular formula is C11H12ClN3O. The summed E-state index contributed by atoms with van der Waals surface area (Å²) in [5, 5.41) is 1.69. The Kier molecular flexibility index (Phi) is 2.85. The molecule has 0 fully saturated rings. The lowest BCUT2D eigenvalue weighted by Gasteiger charge is -2.13. The number of carbonyl (C=O) groups excluding carboxylic acids is 1. The molecule has 1 heterocycles. The SMILES string of the molecule is CC(C(=O)NN)n1ccc2ccc(Cl)cc21. The molecule has 1 atom stereocenters. The Bertz CT molecular complexity index is 535. The molecule has 1 unspecified atom stereocenters. The number of aromatic nitrogens is 1. The Morgan fingerprint density at radius 1 is 1.50 bits per heavy atom. The largest absolute Gasteiger partial charge is 0.335 e. The lowest BCUT2D eigenvalue weighted by molar-refractivity contribution is -0.123. The standard InChI is InChI=1S/C11H12ClN3O/c1-7(11(16)14-13)15-5-4-8-2-3-9(12)6-10(8)15/h2-7H,13H2,1H3,(H,14,16). The number of hydrogen-bond donors (Lipinski definition) is 2. The van der Waals surface area contributed by atoms with Crippen molar-refractivity contribution in [2.45, 2.75) is 13.0 Å². The van der Waals surface area contributed by atoms with Crippen molar-refractivity contribution in [3.8, 4) is 0 Å². The molecule has 84 valence electrons. The van der Waals surface area contributed by atoms with Crippen molar-refractivity contribution in [3.63, 3.8) is 0 Å². The fourth-order valence-electron chi connectivity index (χ4n) is 1.71. The lowest BCUT2D eigenvalue weighted by atomic mass is 10.2. The van der Waals surface area contributed by atoms with Gasteiger partial charge in [0.25, 0.3) is 5.91 Å². The molecule has 16 heavy (non-hydrogen) atoms. The monoisotopic (exact) mass is 237 g/mol. The normalized spacial score (nSPS) is 12.7. The highest BCUT2D eigenvalue weighted by Gasteiger charge is 2.15. The first-order valence-electron chi connectivity index (χ1n) is 4.90. The molecule has 2 rings (SSSR count). The Morgan fingerprint density at radius 2 is 2.25 bits per heavy atom. The number of halogens is 1. The summed E-state index contributed by atoms with van der Waals surface area (Å²) in [7, 11) is 0. The number of amides is 1. The van der Waals surface area contributed by atoms with Crippen LogP contribution in [0.25, 0.3) is 10.9 Å². The summed E-state index contributed by atoms with van der Waals surface area (Å²) in [6.07, 6.45) is 1.85. The number of benzene rings is 1. The summed E-state index contributed by atoms with van der Waals surface area (Å²) in [5.74, 6) is 4.88. The van der Waals surface area contributed by atoms with E-state index in [1.54, 1.807) is 6.92 Å². The number of carbonyl (C=O) groups is 1. The minimum Gasteiger partial charge on any atom is -0.335 e. The van der Waals surface area contributed by atoms with E-state index >= 15 is 0 Å². The van der Waals surface area contributed by atoms with Crippen molar-refractivity contribution >= 4 is 28.4 Å². The van der Waals surface area contributed by atoms with Crippen LogP contribution in [0, 0.1) is 0 Å². The van der Waals surface area contributed by atoms with Gasteiger partial charge in [0.05, 0.1) is 5.52 Å². The van der Waals surface area contributed by atoms with Gasteiger partial charge >= 0.3 is 0 Å². The predicted molar refractivity (Wildman–Crippen MR) is 64.0 cm³/mol. The number of nitrogens with two attached hydrogens (primary N) is 1. The Labute approximate surface area is 98.0 Å². The van der Waals surface area contributed by atoms with Crippen LogP contribution < -0.4 is 11.3 Å². The van der Waals surface area contributed by atoms with Crippen LogP contribution >= 0.6 is 11.6 Å². The van der Waals surface area contributed by atoms with E-state index in [1.165, 1.54) is 0 Å². The zero-order valence-electron chi connectivity index (χ0n) is 8.77. The van der Waals surface area contributed by atoms with Crippen LogP contribution in [-0.2, 0) is 4.79 Å². The van der Waals surface area contributed by atoms with Gasteiger partial charge in [-0.15, -0.1) is 0 Å². The zero-order chi connectivity index (χ0) is 11.7. The van der Waals surface area contributed by atoms with Crippen LogP contribution in [0.4, 0.5) is 0 Å². The van der Waals surface area contributed by atoms with Crippen molar-refractivity contribution in [3.05, 3.63) is 35.5 Å². The number of hydrogen-bond acceptors (Lipinski definition) is 2. The molecule has 0 saturated carbocycles. The maximum Gasteiger partial charge on any atom is 0.256 e. The molecule has 0 aliphatic carbocycles. The molecule has 1 aromatic carbocycles. The average Bonchev–Trinajstić information content (AvgIpc) is 2.69. The van der Waals surface area contributed by atoms with E-state index in [-0.39, 0.29) is 11.9 Å². The molecular weight excluding hydrogens is 226 g/mol. The number of fused-ring (bicyclic) bond motifs is 1. The number of nitrogens with one attached hydrogen (secondary N) is 1. The molecule has 0 bridgehead atoms. The molecule has 3 N–H and O–H groups in total. The van der Waals surface area contributed by atoms with Crippen molar-refractivity contribution in [2.75, 3.05) is 0 Å². The van der Waals surface area contributed by atoms with E-state index in [4.69, 9.17) is 17.4 Å². The second-order valence-corrected chi connectivity index (χ2v) is 4.05. The van der Waals surface area contributed by atoms with Gasteiger partial charge in [-0.2, -0.15) is 0 Å². The van der Waals surface area contributed by atoms with Crippen molar-refractivity contribution in [1.82, 2.24) is 9.99 Å². The van der Waals surface area contributed by atoms with E-state index < -0.39 is 0 Å². The van der Waals surface area contributed by atoms with Crippen molar-refractivity contribution < 1.29 is 4.79 Å². The topological polar surface area (TPSA) is 60.1 Å². The first-order valence-corrected chi connectivity index (χ1v) is 5.28.